The third kappa shape index (κ3) is 3.19. The zero-order valence-corrected chi connectivity index (χ0v) is 14.3. The van der Waals surface area contributed by atoms with Crippen LogP contribution in [0.4, 0.5) is 0 Å². The zero-order chi connectivity index (χ0) is 15.0. The van der Waals surface area contributed by atoms with Crippen LogP contribution in [-0.4, -0.2) is 28.4 Å². The standard InChI is InChI=1S/C16H20N2OS2/c1-10(2)9-18(12-6-7-12)16(19)14-11(3)17-15(21-14)13-5-4-8-20-13/h4-5,8,10,12H,6-7,9H2,1-3H3. The van der Waals surface area contributed by atoms with Crippen molar-refractivity contribution in [3.63, 3.8) is 0 Å². The van der Waals surface area contributed by atoms with Gasteiger partial charge < -0.3 is 4.90 Å². The van der Waals surface area contributed by atoms with Crippen molar-refractivity contribution in [3.05, 3.63) is 28.1 Å². The Balaban J connectivity index is 1.86. The molecule has 0 N–H and O–H groups in total. The quantitative estimate of drug-likeness (QED) is 0.816. The van der Waals surface area contributed by atoms with E-state index in [0.29, 0.717) is 12.0 Å². The van der Waals surface area contributed by atoms with E-state index in [4.69, 9.17) is 0 Å². The highest BCUT2D eigenvalue weighted by molar-refractivity contribution is 7.22. The minimum absolute atomic E-state index is 0.170. The van der Waals surface area contributed by atoms with Gasteiger partial charge in [-0.05, 0) is 37.1 Å². The fourth-order valence-corrected chi connectivity index (χ4v) is 4.23. The number of hydrogen-bond acceptors (Lipinski definition) is 4. The highest BCUT2D eigenvalue weighted by Gasteiger charge is 2.34. The molecule has 1 amide bonds. The van der Waals surface area contributed by atoms with E-state index in [0.717, 1.165) is 39.8 Å². The molecule has 2 aromatic rings. The van der Waals surface area contributed by atoms with Gasteiger partial charge in [-0.25, -0.2) is 4.98 Å². The van der Waals surface area contributed by atoms with Crippen LogP contribution in [0.2, 0.25) is 0 Å². The number of aryl methyl sites for hydroxylation is 1. The van der Waals surface area contributed by atoms with Gasteiger partial charge in [-0.2, -0.15) is 0 Å². The Morgan fingerprint density at radius 1 is 1.48 bits per heavy atom. The fraction of sp³-hybridized carbons (Fsp3) is 0.500. The number of carbonyl (C=O) groups is 1. The highest BCUT2D eigenvalue weighted by atomic mass is 32.1. The topological polar surface area (TPSA) is 33.2 Å². The molecule has 112 valence electrons. The smallest absolute Gasteiger partial charge is 0.266 e. The number of nitrogens with zero attached hydrogens (tertiary/aromatic N) is 2. The summed E-state index contributed by atoms with van der Waals surface area (Å²) in [5.41, 5.74) is 0.864. The van der Waals surface area contributed by atoms with Gasteiger partial charge in [0.05, 0.1) is 10.6 Å². The van der Waals surface area contributed by atoms with Crippen molar-refractivity contribution in [3.8, 4) is 9.88 Å². The summed E-state index contributed by atoms with van der Waals surface area (Å²) in [7, 11) is 0. The van der Waals surface area contributed by atoms with E-state index in [1.54, 1.807) is 11.3 Å². The van der Waals surface area contributed by atoms with Crippen LogP contribution in [0.25, 0.3) is 9.88 Å². The van der Waals surface area contributed by atoms with Crippen LogP contribution in [0.1, 0.15) is 42.1 Å². The SMILES string of the molecule is Cc1nc(-c2cccs2)sc1C(=O)N(CC(C)C)C1CC1. The van der Waals surface area contributed by atoms with Gasteiger partial charge in [0.15, 0.2) is 0 Å². The van der Waals surface area contributed by atoms with Crippen molar-refractivity contribution in [1.82, 2.24) is 9.88 Å². The largest absolute Gasteiger partial charge is 0.335 e. The molecule has 2 heterocycles. The molecule has 1 aliphatic carbocycles. The van der Waals surface area contributed by atoms with Gasteiger partial charge in [-0.15, -0.1) is 22.7 Å². The average molecular weight is 320 g/mol. The first-order valence-corrected chi connectivity index (χ1v) is 9.08. The van der Waals surface area contributed by atoms with Crippen LogP contribution in [0.3, 0.4) is 0 Å². The van der Waals surface area contributed by atoms with Crippen LogP contribution in [0.15, 0.2) is 17.5 Å². The molecule has 0 atom stereocenters. The molecule has 0 radical (unpaired) electrons. The lowest BCUT2D eigenvalue weighted by atomic mass is 10.2. The average Bonchev–Trinajstić information content (AvgIpc) is 2.98. The van der Waals surface area contributed by atoms with Crippen molar-refractivity contribution >= 4 is 28.6 Å². The van der Waals surface area contributed by atoms with Crippen molar-refractivity contribution in [2.24, 2.45) is 5.92 Å². The van der Waals surface area contributed by atoms with Crippen LogP contribution >= 0.6 is 22.7 Å². The number of thiazole rings is 1. The highest BCUT2D eigenvalue weighted by Crippen LogP contribution is 2.34. The predicted molar refractivity (Wildman–Crippen MR) is 89.1 cm³/mol. The van der Waals surface area contributed by atoms with E-state index in [-0.39, 0.29) is 5.91 Å². The van der Waals surface area contributed by atoms with Gasteiger partial charge in [-0.1, -0.05) is 19.9 Å². The number of thiophene rings is 1. The fourth-order valence-electron chi connectivity index (χ4n) is 2.41. The monoisotopic (exact) mass is 320 g/mol. The third-order valence-corrected chi connectivity index (χ3v) is 5.72. The van der Waals surface area contributed by atoms with Crippen LogP contribution in [0.5, 0.6) is 0 Å². The summed E-state index contributed by atoms with van der Waals surface area (Å²) in [6.45, 7) is 7.12. The molecule has 21 heavy (non-hydrogen) atoms. The molecule has 0 aromatic carbocycles. The number of hydrogen-bond donors (Lipinski definition) is 0. The lowest BCUT2D eigenvalue weighted by Crippen LogP contribution is -2.36. The second kappa shape index (κ2) is 5.89. The van der Waals surface area contributed by atoms with Gasteiger partial charge in [0.25, 0.3) is 5.91 Å². The van der Waals surface area contributed by atoms with E-state index in [9.17, 15) is 4.79 Å². The maximum atomic E-state index is 12.9. The molecular weight excluding hydrogens is 300 g/mol. The maximum absolute atomic E-state index is 12.9. The van der Waals surface area contributed by atoms with Crippen molar-refractivity contribution in [2.45, 2.75) is 39.7 Å². The summed E-state index contributed by atoms with van der Waals surface area (Å²) in [5, 5.41) is 3.01. The maximum Gasteiger partial charge on any atom is 0.266 e. The van der Waals surface area contributed by atoms with E-state index < -0.39 is 0 Å². The van der Waals surface area contributed by atoms with Crippen molar-refractivity contribution in [2.75, 3.05) is 6.54 Å². The zero-order valence-electron chi connectivity index (χ0n) is 12.6. The molecule has 0 saturated heterocycles. The summed E-state index contributed by atoms with van der Waals surface area (Å²) in [5.74, 6) is 0.670. The Morgan fingerprint density at radius 3 is 2.81 bits per heavy atom. The van der Waals surface area contributed by atoms with E-state index in [1.165, 1.54) is 11.3 Å². The molecule has 1 aliphatic rings. The first-order chi connectivity index (χ1) is 10.1. The Labute approximate surface area is 133 Å². The van der Waals surface area contributed by atoms with Gasteiger partial charge in [0, 0.05) is 12.6 Å². The second-order valence-corrected chi connectivity index (χ2v) is 7.94. The number of aromatic nitrogens is 1. The first-order valence-electron chi connectivity index (χ1n) is 7.38. The molecule has 0 aliphatic heterocycles. The molecule has 3 rings (SSSR count). The molecule has 0 spiro atoms. The molecule has 1 fully saturated rings. The van der Waals surface area contributed by atoms with Gasteiger partial charge in [0.2, 0.25) is 0 Å². The van der Waals surface area contributed by atoms with Gasteiger partial charge in [0.1, 0.15) is 9.88 Å². The van der Waals surface area contributed by atoms with E-state index >= 15 is 0 Å². The second-order valence-electron chi connectivity index (χ2n) is 5.99. The molecule has 2 aromatic heterocycles. The summed E-state index contributed by atoms with van der Waals surface area (Å²) in [6, 6.07) is 4.53. The summed E-state index contributed by atoms with van der Waals surface area (Å²) >= 11 is 3.20. The Morgan fingerprint density at radius 2 is 2.24 bits per heavy atom. The van der Waals surface area contributed by atoms with Gasteiger partial charge >= 0.3 is 0 Å². The summed E-state index contributed by atoms with van der Waals surface area (Å²) < 4.78 is 0. The molecule has 1 saturated carbocycles. The normalized spacial score (nSPS) is 14.7. The van der Waals surface area contributed by atoms with Crippen molar-refractivity contribution < 1.29 is 4.79 Å². The summed E-state index contributed by atoms with van der Waals surface area (Å²) in [4.78, 5) is 21.5. The number of amides is 1. The van der Waals surface area contributed by atoms with Crippen LogP contribution < -0.4 is 0 Å². The van der Waals surface area contributed by atoms with Gasteiger partial charge in [-0.3, -0.25) is 4.79 Å². The molecule has 3 nitrogen and oxygen atoms in total. The lowest BCUT2D eigenvalue weighted by Gasteiger charge is -2.24. The summed E-state index contributed by atoms with van der Waals surface area (Å²) in [6.07, 6.45) is 2.29. The van der Waals surface area contributed by atoms with Crippen LogP contribution in [0, 0.1) is 12.8 Å². The third-order valence-electron chi connectivity index (χ3n) is 3.53. The van der Waals surface area contributed by atoms with E-state index in [1.807, 2.05) is 18.4 Å². The Kier molecular flexibility index (Phi) is 4.13. The van der Waals surface area contributed by atoms with Crippen molar-refractivity contribution in [1.29, 1.82) is 0 Å². The van der Waals surface area contributed by atoms with E-state index in [2.05, 4.69) is 29.8 Å². The minimum Gasteiger partial charge on any atom is -0.335 e. The molecule has 5 heteroatoms. The predicted octanol–water partition coefficient (Wildman–Crippen LogP) is 4.44. The minimum atomic E-state index is 0.170. The lowest BCUT2D eigenvalue weighted by molar-refractivity contribution is 0.0726. The first kappa shape index (κ1) is 14.7. The molecule has 0 unspecified atom stereocenters. The molecule has 0 bridgehead atoms. The van der Waals surface area contributed by atoms with Crippen LogP contribution in [-0.2, 0) is 0 Å². The Hall–Kier alpha value is -1.20. The molecular formula is C16H20N2OS2. The number of carbonyl (C=O) groups excluding carboxylic acids is 1. The number of rotatable bonds is 5. The Bertz CT molecular complexity index is 627.